The lowest BCUT2D eigenvalue weighted by molar-refractivity contribution is 0.106. The van der Waals surface area contributed by atoms with Crippen molar-refractivity contribution >= 4 is 24.6 Å². The monoisotopic (exact) mass is 262 g/mol. The number of rotatable bonds is 5. The van der Waals surface area contributed by atoms with Crippen molar-refractivity contribution in [2.24, 2.45) is 0 Å². The number of carbonyl (C=O) groups is 1. The third kappa shape index (κ3) is 6.70. The van der Waals surface area contributed by atoms with E-state index in [0.717, 1.165) is 12.5 Å². The van der Waals surface area contributed by atoms with E-state index in [1.165, 1.54) is 4.90 Å². The van der Waals surface area contributed by atoms with Gasteiger partial charge in [-0.25, -0.2) is 4.79 Å². The van der Waals surface area contributed by atoms with Crippen molar-refractivity contribution in [3.63, 3.8) is 0 Å². The zero-order chi connectivity index (χ0) is 12.8. The van der Waals surface area contributed by atoms with Crippen LogP contribution in [0.2, 0.25) is 19.1 Å². The zero-order valence-electron chi connectivity index (χ0n) is 10.3. The van der Waals surface area contributed by atoms with Crippen LogP contribution in [-0.2, 0) is 4.74 Å². The molecule has 0 fully saturated rings. The molecule has 1 unspecified atom stereocenters. The summed E-state index contributed by atoms with van der Waals surface area (Å²) in [5.74, 6) is 0. The van der Waals surface area contributed by atoms with Gasteiger partial charge in [-0.05, 0) is 19.4 Å². The molecule has 0 aromatic carbocycles. The first-order valence-electron chi connectivity index (χ1n) is 5.26. The highest BCUT2D eigenvalue weighted by Gasteiger charge is 2.18. The van der Waals surface area contributed by atoms with E-state index >= 15 is 0 Å². The Balaban J connectivity index is 3.79. The van der Waals surface area contributed by atoms with Gasteiger partial charge in [-0.1, -0.05) is 13.1 Å². The van der Waals surface area contributed by atoms with Crippen LogP contribution in [0, 0.1) is 11.3 Å². The Morgan fingerprint density at radius 2 is 2.19 bits per heavy atom. The number of nitrogens with zero attached hydrogens (tertiary/aromatic N) is 2. The Labute approximate surface area is 103 Å². The number of nitriles is 1. The minimum atomic E-state index is -1.57. The topological polar surface area (TPSA) is 53.3 Å². The molecule has 0 aliphatic rings. The summed E-state index contributed by atoms with van der Waals surface area (Å²) < 4.78 is 5.02. The van der Waals surface area contributed by atoms with Crippen molar-refractivity contribution in [1.82, 2.24) is 4.90 Å². The maximum absolute atomic E-state index is 11.4. The van der Waals surface area contributed by atoms with Crippen LogP contribution in [0.4, 0.5) is 4.79 Å². The second kappa shape index (κ2) is 6.76. The van der Waals surface area contributed by atoms with E-state index in [1.807, 2.05) is 6.07 Å². The predicted octanol–water partition coefficient (Wildman–Crippen LogP) is 2.80. The summed E-state index contributed by atoms with van der Waals surface area (Å²) in [6.45, 7) is 6.13. The lowest BCUT2D eigenvalue weighted by Crippen LogP contribution is -2.34. The van der Waals surface area contributed by atoms with Gasteiger partial charge in [0, 0.05) is 7.05 Å². The molecule has 0 spiro atoms. The third-order valence-electron chi connectivity index (χ3n) is 2.20. The van der Waals surface area contributed by atoms with Gasteiger partial charge < -0.3 is 4.74 Å². The van der Waals surface area contributed by atoms with Crippen molar-refractivity contribution in [1.29, 1.82) is 5.26 Å². The van der Waals surface area contributed by atoms with Crippen LogP contribution < -0.4 is 0 Å². The Morgan fingerprint density at radius 3 is 2.62 bits per heavy atom. The second-order valence-corrected chi connectivity index (χ2v) is 11.4. The molecule has 0 saturated heterocycles. The largest absolute Gasteiger partial charge is 0.449 e. The van der Waals surface area contributed by atoms with Gasteiger partial charge in [0.15, 0.2) is 7.38 Å². The van der Waals surface area contributed by atoms with Gasteiger partial charge in [0.1, 0.15) is 6.04 Å². The lowest BCUT2D eigenvalue weighted by atomic mass is 10.3. The summed E-state index contributed by atoms with van der Waals surface area (Å²) in [5, 5.41) is 8.62. The summed E-state index contributed by atoms with van der Waals surface area (Å²) in [5.41, 5.74) is 0. The number of halogens is 1. The van der Waals surface area contributed by atoms with Gasteiger partial charge >= 0.3 is 6.09 Å². The summed E-state index contributed by atoms with van der Waals surface area (Å²) >= 11 is 6.13. The molecule has 6 heteroatoms. The molecule has 4 nitrogen and oxygen atoms in total. The molecule has 16 heavy (non-hydrogen) atoms. The fourth-order valence-electron chi connectivity index (χ4n) is 0.999. The summed E-state index contributed by atoms with van der Waals surface area (Å²) in [6, 6.07) is 2.42. The van der Waals surface area contributed by atoms with Crippen molar-refractivity contribution in [2.75, 3.05) is 13.7 Å². The van der Waals surface area contributed by atoms with E-state index in [0.29, 0.717) is 6.61 Å². The Kier molecular flexibility index (Phi) is 6.45. The van der Waals surface area contributed by atoms with E-state index in [9.17, 15) is 4.79 Å². The SMILES string of the molecule is CC(C#N)N(C)C(=O)OCCC[Si](C)(C)Cl. The standard InChI is InChI=1S/C10H19ClN2O2Si/c1-9(8-12)13(2)10(14)15-6-5-7-16(3,4)11/h9H,5-7H2,1-4H3. The molecular weight excluding hydrogens is 244 g/mol. The van der Waals surface area contributed by atoms with Gasteiger partial charge in [0.25, 0.3) is 0 Å². The molecule has 0 aliphatic carbocycles. The van der Waals surface area contributed by atoms with Crippen LogP contribution in [-0.4, -0.2) is 38.1 Å². The van der Waals surface area contributed by atoms with Crippen LogP contribution in [0.25, 0.3) is 0 Å². The van der Waals surface area contributed by atoms with E-state index < -0.39 is 19.5 Å². The second-order valence-electron chi connectivity index (χ2n) is 4.35. The molecule has 0 aliphatic heterocycles. The van der Waals surface area contributed by atoms with Crippen molar-refractivity contribution in [2.45, 2.75) is 38.5 Å². The smallest absolute Gasteiger partial charge is 0.410 e. The van der Waals surface area contributed by atoms with Gasteiger partial charge in [0.05, 0.1) is 12.7 Å². The average molecular weight is 263 g/mol. The number of ether oxygens (including phenoxy) is 1. The third-order valence-corrected chi connectivity index (χ3v) is 4.31. The molecule has 0 N–H and O–H groups in total. The minimum absolute atomic E-state index is 0.366. The van der Waals surface area contributed by atoms with Gasteiger partial charge in [-0.15, -0.1) is 0 Å². The quantitative estimate of drug-likeness (QED) is 0.435. The van der Waals surface area contributed by atoms with Crippen LogP contribution in [0.15, 0.2) is 0 Å². The molecule has 92 valence electrons. The highest BCUT2D eigenvalue weighted by molar-refractivity contribution is 7.19. The molecule has 0 saturated carbocycles. The van der Waals surface area contributed by atoms with Crippen molar-refractivity contribution in [3.05, 3.63) is 0 Å². The molecule has 0 bridgehead atoms. The maximum Gasteiger partial charge on any atom is 0.410 e. The van der Waals surface area contributed by atoms with E-state index in [2.05, 4.69) is 13.1 Å². The fraction of sp³-hybridized carbons (Fsp3) is 0.800. The van der Waals surface area contributed by atoms with Gasteiger partial charge in [-0.3, -0.25) is 4.90 Å². The van der Waals surface area contributed by atoms with E-state index in [1.54, 1.807) is 14.0 Å². The molecule has 1 amide bonds. The Morgan fingerprint density at radius 1 is 1.62 bits per heavy atom. The normalized spacial score (nSPS) is 12.8. The van der Waals surface area contributed by atoms with Crippen LogP contribution in [0.1, 0.15) is 13.3 Å². The molecule has 1 atom stereocenters. The molecular formula is C10H19ClN2O2Si. The lowest BCUT2D eigenvalue weighted by Gasteiger charge is -2.19. The summed E-state index contributed by atoms with van der Waals surface area (Å²) in [6.07, 6.45) is 0.326. The van der Waals surface area contributed by atoms with Crippen molar-refractivity contribution in [3.8, 4) is 6.07 Å². The Bertz CT molecular complexity index is 273. The molecule has 0 radical (unpaired) electrons. The highest BCUT2D eigenvalue weighted by Crippen LogP contribution is 2.16. The minimum Gasteiger partial charge on any atom is -0.449 e. The van der Waals surface area contributed by atoms with E-state index in [4.69, 9.17) is 21.1 Å². The fourth-order valence-corrected chi connectivity index (χ4v) is 2.38. The average Bonchev–Trinajstić information content (AvgIpc) is 2.20. The predicted molar refractivity (Wildman–Crippen MR) is 66.9 cm³/mol. The first kappa shape index (κ1) is 15.3. The highest BCUT2D eigenvalue weighted by atomic mass is 35.6. The van der Waals surface area contributed by atoms with Crippen LogP contribution in [0.3, 0.4) is 0 Å². The summed E-state index contributed by atoms with van der Waals surface area (Å²) in [7, 11) is -0.0181. The van der Waals surface area contributed by atoms with Crippen molar-refractivity contribution < 1.29 is 9.53 Å². The molecule has 0 rings (SSSR count). The summed E-state index contributed by atoms with van der Waals surface area (Å²) in [4.78, 5) is 12.7. The molecule has 0 aromatic heterocycles. The number of carbonyl (C=O) groups excluding carboxylic acids is 1. The Hall–Kier alpha value is -0.733. The van der Waals surface area contributed by atoms with Crippen LogP contribution in [0.5, 0.6) is 0 Å². The molecule has 0 aromatic rings. The zero-order valence-corrected chi connectivity index (χ0v) is 12.0. The first-order chi connectivity index (χ1) is 7.28. The van der Waals surface area contributed by atoms with E-state index in [-0.39, 0.29) is 0 Å². The van der Waals surface area contributed by atoms with Gasteiger partial charge in [0.2, 0.25) is 0 Å². The van der Waals surface area contributed by atoms with Gasteiger partial charge in [-0.2, -0.15) is 16.3 Å². The number of amides is 1. The number of hydrogen-bond donors (Lipinski definition) is 0. The number of hydrogen-bond acceptors (Lipinski definition) is 3. The van der Waals surface area contributed by atoms with Crippen LogP contribution >= 0.6 is 11.1 Å². The first-order valence-corrected chi connectivity index (χ1v) is 9.48. The molecule has 0 heterocycles. The maximum atomic E-state index is 11.4.